The topological polar surface area (TPSA) is 75.0 Å². The van der Waals surface area contributed by atoms with E-state index in [2.05, 4.69) is 38.4 Å². The molecule has 164 valence electrons. The normalized spacial score (nSPS) is 11.0. The number of aromatic nitrogens is 5. The number of aryl methyl sites for hydroxylation is 2. The summed E-state index contributed by atoms with van der Waals surface area (Å²) in [5.74, 6) is 2.27. The highest BCUT2D eigenvalue weighted by Gasteiger charge is 2.16. The van der Waals surface area contributed by atoms with Gasteiger partial charge in [0.15, 0.2) is 11.0 Å². The van der Waals surface area contributed by atoms with Crippen LogP contribution in [0.25, 0.3) is 11.1 Å². The molecule has 0 atom stereocenters. The molecule has 0 aliphatic carbocycles. The van der Waals surface area contributed by atoms with E-state index in [4.69, 9.17) is 9.47 Å². The van der Waals surface area contributed by atoms with Crippen LogP contribution in [0.5, 0.6) is 5.75 Å². The molecule has 7 nitrogen and oxygen atoms in total. The second-order valence-corrected chi connectivity index (χ2v) is 8.18. The van der Waals surface area contributed by atoms with Gasteiger partial charge in [-0.15, -0.1) is 10.2 Å². The van der Waals surface area contributed by atoms with E-state index in [1.54, 1.807) is 7.11 Å². The Morgan fingerprint density at radius 2 is 1.72 bits per heavy atom. The highest BCUT2D eigenvalue weighted by molar-refractivity contribution is 7.99. The molecule has 4 aromatic rings. The molecule has 0 bridgehead atoms. The average Bonchev–Trinajstić information content (AvgIpc) is 3.17. The molecule has 2 aromatic carbocycles. The summed E-state index contributed by atoms with van der Waals surface area (Å²) in [4.78, 5) is 8.85. The lowest BCUT2D eigenvalue weighted by atomic mass is 10.1. The van der Waals surface area contributed by atoms with Crippen molar-refractivity contribution in [3.05, 3.63) is 78.0 Å². The molecule has 0 amide bonds. The molecule has 32 heavy (non-hydrogen) atoms. The maximum Gasteiger partial charge on any atom is 0.197 e. The molecule has 0 radical (unpaired) electrons. The smallest absolute Gasteiger partial charge is 0.197 e. The van der Waals surface area contributed by atoms with E-state index in [1.165, 1.54) is 11.8 Å². The zero-order valence-corrected chi connectivity index (χ0v) is 19.2. The van der Waals surface area contributed by atoms with Crippen molar-refractivity contribution in [3.8, 4) is 16.9 Å². The van der Waals surface area contributed by atoms with Crippen LogP contribution in [0, 0.1) is 13.8 Å². The lowest BCUT2D eigenvalue weighted by Crippen LogP contribution is -2.12. The first-order valence-electron chi connectivity index (χ1n) is 10.3. The van der Waals surface area contributed by atoms with Crippen molar-refractivity contribution in [1.29, 1.82) is 0 Å². The zero-order valence-electron chi connectivity index (χ0n) is 18.4. The van der Waals surface area contributed by atoms with Gasteiger partial charge in [-0.3, -0.25) is 0 Å². The Morgan fingerprint density at radius 3 is 2.50 bits per heavy atom. The van der Waals surface area contributed by atoms with Crippen LogP contribution in [-0.4, -0.2) is 38.4 Å². The van der Waals surface area contributed by atoms with Gasteiger partial charge in [0.25, 0.3) is 0 Å². The van der Waals surface area contributed by atoms with Gasteiger partial charge in [0.1, 0.15) is 23.2 Å². The fourth-order valence-electron chi connectivity index (χ4n) is 3.33. The number of hydrogen-bond donors (Lipinski definition) is 0. The minimum atomic E-state index is 0.295. The summed E-state index contributed by atoms with van der Waals surface area (Å²) >= 11 is 1.46. The molecule has 0 N–H and O–H groups in total. The number of ether oxygens (including phenoxy) is 2. The van der Waals surface area contributed by atoms with Gasteiger partial charge in [-0.05, 0) is 43.3 Å². The monoisotopic (exact) mass is 447 g/mol. The Kier molecular flexibility index (Phi) is 7.14. The van der Waals surface area contributed by atoms with Gasteiger partial charge in [-0.2, -0.15) is 0 Å². The number of nitrogens with zero attached hydrogens (tertiary/aromatic N) is 5. The molecular weight excluding hydrogens is 422 g/mol. The van der Waals surface area contributed by atoms with Gasteiger partial charge in [-0.25, -0.2) is 9.97 Å². The fraction of sp³-hybridized carbons (Fsp3) is 0.250. The quantitative estimate of drug-likeness (QED) is 0.343. The van der Waals surface area contributed by atoms with E-state index in [0.717, 1.165) is 44.4 Å². The highest BCUT2D eigenvalue weighted by Crippen LogP contribution is 2.31. The predicted octanol–water partition coefficient (Wildman–Crippen LogP) is 4.73. The van der Waals surface area contributed by atoms with Gasteiger partial charge in [0.2, 0.25) is 0 Å². The molecule has 0 unspecified atom stereocenters. The first-order chi connectivity index (χ1) is 15.6. The van der Waals surface area contributed by atoms with Crippen molar-refractivity contribution in [2.45, 2.75) is 37.2 Å². The van der Waals surface area contributed by atoms with Crippen LogP contribution in [0.15, 0.2) is 70.8 Å². The number of benzene rings is 2. The molecule has 8 heteroatoms. The standard InChI is InChI=1S/C24H25N5O2S/c1-17-15-23(26-18(2)25-17)32-24-28-27-22(29(24)13-14-30-3)16-31-21-12-8-7-11-20(21)19-9-5-4-6-10-19/h4-12,15H,13-14,16H2,1-3H3. The van der Waals surface area contributed by atoms with Crippen molar-refractivity contribution >= 4 is 11.8 Å². The number of para-hydroxylation sites is 1. The van der Waals surface area contributed by atoms with Gasteiger partial charge in [0, 0.05) is 24.9 Å². The summed E-state index contributed by atoms with van der Waals surface area (Å²) in [7, 11) is 1.68. The zero-order chi connectivity index (χ0) is 22.3. The summed E-state index contributed by atoms with van der Waals surface area (Å²) < 4.78 is 13.5. The van der Waals surface area contributed by atoms with E-state index in [0.29, 0.717) is 19.8 Å². The van der Waals surface area contributed by atoms with Crippen LogP contribution in [0.2, 0.25) is 0 Å². The lowest BCUT2D eigenvalue weighted by Gasteiger charge is -2.13. The molecular formula is C24H25N5O2S. The van der Waals surface area contributed by atoms with Crippen molar-refractivity contribution in [2.24, 2.45) is 0 Å². The van der Waals surface area contributed by atoms with E-state index in [1.807, 2.05) is 60.9 Å². The summed E-state index contributed by atoms with van der Waals surface area (Å²) in [6, 6.07) is 20.1. The minimum absolute atomic E-state index is 0.295. The van der Waals surface area contributed by atoms with Gasteiger partial charge in [-0.1, -0.05) is 48.5 Å². The Labute approximate surface area is 191 Å². The maximum atomic E-state index is 6.20. The predicted molar refractivity (Wildman–Crippen MR) is 124 cm³/mol. The Bertz CT molecular complexity index is 1160. The number of methoxy groups -OCH3 is 1. The van der Waals surface area contributed by atoms with Crippen LogP contribution in [0.1, 0.15) is 17.3 Å². The van der Waals surface area contributed by atoms with Crippen molar-refractivity contribution in [1.82, 2.24) is 24.7 Å². The number of rotatable bonds is 9. The van der Waals surface area contributed by atoms with E-state index in [9.17, 15) is 0 Å². The molecule has 0 spiro atoms. The Balaban J connectivity index is 1.57. The molecule has 0 aliphatic heterocycles. The molecule has 2 aromatic heterocycles. The van der Waals surface area contributed by atoms with Crippen LogP contribution in [0.4, 0.5) is 0 Å². The van der Waals surface area contributed by atoms with Crippen molar-refractivity contribution in [3.63, 3.8) is 0 Å². The van der Waals surface area contributed by atoms with Gasteiger partial charge in [0.05, 0.1) is 6.61 Å². The molecule has 0 aliphatic rings. The van der Waals surface area contributed by atoms with Crippen molar-refractivity contribution < 1.29 is 9.47 Å². The maximum absolute atomic E-state index is 6.20. The van der Waals surface area contributed by atoms with E-state index < -0.39 is 0 Å². The third-order valence-corrected chi connectivity index (χ3v) is 5.68. The largest absolute Gasteiger partial charge is 0.485 e. The summed E-state index contributed by atoms with van der Waals surface area (Å²) in [6.45, 7) is 5.30. The molecule has 0 saturated heterocycles. The minimum Gasteiger partial charge on any atom is -0.485 e. The fourth-order valence-corrected chi connectivity index (χ4v) is 4.31. The molecule has 2 heterocycles. The van der Waals surface area contributed by atoms with E-state index in [-0.39, 0.29) is 0 Å². The van der Waals surface area contributed by atoms with Gasteiger partial charge < -0.3 is 14.0 Å². The Morgan fingerprint density at radius 1 is 0.938 bits per heavy atom. The van der Waals surface area contributed by atoms with Crippen LogP contribution < -0.4 is 4.74 Å². The van der Waals surface area contributed by atoms with E-state index >= 15 is 0 Å². The average molecular weight is 448 g/mol. The molecule has 0 saturated carbocycles. The molecule has 0 fully saturated rings. The third kappa shape index (κ3) is 5.33. The summed E-state index contributed by atoms with van der Waals surface area (Å²) in [5.41, 5.74) is 3.07. The van der Waals surface area contributed by atoms with Crippen LogP contribution in [-0.2, 0) is 17.9 Å². The first-order valence-corrected chi connectivity index (χ1v) is 11.1. The van der Waals surface area contributed by atoms with Crippen molar-refractivity contribution in [2.75, 3.05) is 13.7 Å². The summed E-state index contributed by atoms with van der Waals surface area (Å²) in [6.07, 6.45) is 0. The lowest BCUT2D eigenvalue weighted by molar-refractivity contribution is 0.181. The third-order valence-electron chi connectivity index (χ3n) is 4.78. The van der Waals surface area contributed by atoms with Crippen LogP contribution >= 0.6 is 11.8 Å². The van der Waals surface area contributed by atoms with Gasteiger partial charge >= 0.3 is 0 Å². The number of hydrogen-bond acceptors (Lipinski definition) is 7. The highest BCUT2D eigenvalue weighted by atomic mass is 32.2. The SMILES string of the molecule is COCCn1c(COc2ccccc2-c2ccccc2)nnc1Sc1cc(C)nc(C)n1. The second-order valence-electron chi connectivity index (χ2n) is 7.19. The Hall–Kier alpha value is -3.23. The molecule has 4 rings (SSSR count). The second kappa shape index (κ2) is 10.4. The van der Waals surface area contributed by atoms with Crippen LogP contribution in [0.3, 0.4) is 0 Å². The summed E-state index contributed by atoms with van der Waals surface area (Å²) in [5, 5.41) is 10.4. The first kappa shape index (κ1) is 22.0.